The SMILES string of the molecule is O=C(O)C1C2CCCC2CN1C(=O)/C=C/c1ccco1. The molecule has 1 N–H and O–H groups in total. The number of amides is 1. The first-order valence-corrected chi connectivity index (χ1v) is 6.92. The number of hydrogen-bond donors (Lipinski definition) is 1. The largest absolute Gasteiger partial charge is 0.480 e. The van der Waals surface area contributed by atoms with Crippen molar-refractivity contribution in [1.82, 2.24) is 4.90 Å². The second-order valence-electron chi connectivity index (χ2n) is 5.48. The summed E-state index contributed by atoms with van der Waals surface area (Å²) in [5.74, 6) is -0.0857. The molecule has 0 aromatic carbocycles. The lowest BCUT2D eigenvalue weighted by atomic mass is 9.94. The predicted molar refractivity (Wildman–Crippen MR) is 71.7 cm³/mol. The lowest BCUT2D eigenvalue weighted by Crippen LogP contribution is -2.42. The van der Waals surface area contributed by atoms with Gasteiger partial charge in [-0.15, -0.1) is 0 Å². The first-order chi connectivity index (χ1) is 9.66. The molecule has 2 fully saturated rings. The fourth-order valence-corrected chi connectivity index (χ4v) is 3.48. The maximum Gasteiger partial charge on any atom is 0.326 e. The van der Waals surface area contributed by atoms with Gasteiger partial charge >= 0.3 is 5.97 Å². The highest BCUT2D eigenvalue weighted by atomic mass is 16.4. The molecule has 5 heteroatoms. The van der Waals surface area contributed by atoms with Gasteiger partial charge in [0.25, 0.3) is 0 Å². The molecule has 0 bridgehead atoms. The van der Waals surface area contributed by atoms with Gasteiger partial charge in [-0.3, -0.25) is 4.79 Å². The molecule has 20 heavy (non-hydrogen) atoms. The summed E-state index contributed by atoms with van der Waals surface area (Å²) in [5.41, 5.74) is 0. The van der Waals surface area contributed by atoms with Crippen LogP contribution >= 0.6 is 0 Å². The molecule has 3 atom stereocenters. The Hall–Kier alpha value is -2.04. The van der Waals surface area contributed by atoms with Crippen molar-refractivity contribution >= 4 is 18.0 Å². The van der Waals surface area contributed by atoms with Crippen molar-refractivity contribution in [2.45, 2.75) is 25.3 Å². The van der Waals surface area contributed by atoms with E-state index in [1.807, 2.05) is 0 Å². The molecule has 1 amide bonds. The zero-order valence-electron chi connectivity index (χ0n) is 11.1. The van der Waals surface area contributed by atoms with Crippen molar-refractivity contribution in [1.29, 1.82) is 0 Å². The minimum Gasteiger partial charge on any atom is -0.480 e. The van der Waals surface area contributed by atoms with E-state index in [0.717, 1.165) is 19.3 Å². The summed E-state index contributed by atoms with van der Waals surface area (Å²) in [5, 5.41) is 9.40. The number of hydrogen-bond acceptors (Lipinski definition) is 3. The van der Waals surface area contributed by atoms with Gasteiger partial charge in [0, 0.05) is 12.6 Å². The molecule has 0 radical (unpaired) electrons. The molecule has 1 aliphatic heterocycles. The van der Waals surface area contributed by atoms with Gasteiger partial charge in [0.05, 0.1) is 6.26 Å². The van der Waals surface area contributed by atoms with Gasteiger partial charge in [-0.05, 0) is 42.9 Å². The monoisotopic (exact) mass is 275 g/mol. The van der Waals surface area contributed by atoms with Crippen molar-refractivity contribution in [2.24, 2.45) is 11.8 Å². The summed E-state index contributed by atoms with van der Waals surface area (Å²) in [4.78, 5) is 25.2. The summed E-state index contributed by atoms with van der Waals surface area (Å²) < 4.78 is 5.12. The third kappa shape index (κ3) is 2.24. The van der Waals surface area contributed by atoms with Gasteiger partial charge in [0.2, 0.25) is 5.91 Å². The molecule has 5 nitrogen and oxygen atoms in total. The third-order valence-electron chi connectivity index (χ3n) is 4.36. The fraction of sp³-hybridized carbons (Fsp3) is 0.467. The quantitative estimate of drug-likeness (QED) is 0.856. The average molecular weight is 275 g/mol. The standard InChI is InChI=1S/C15H17NO4/c17-13(7-6-11-4-2-8-20-11)16-9-10-3-1-5-12(10)14(16)15(18)19/h2,4,6-8,10,12,14H,1,3,5,9H2,(H,18,19)/b7-6+. The van der Waals surface area contributed by atoms with E-state index < -0.39 is 12.0 Å². The Labute approximate surface area is 116 Å². The summed E-state index contributed by atoms with van der Waals surface area (Å²) in [6, 6.07) is 2.82. The highest BCUT2D eigenvalue weighted by Crippen LogP contribution is 2.42. The molecular weight excluding hydrogens is 258 g/mol. The second kappa shape index (κ2) is 5.15. The van der Waals surface area contributed by atoms with Crippen molar-refractivity contribution in [3.05, 3.63) is 30.2 Å². The van der Waals surface area contributed by atoms with E-state index in [1.54, 1.807) is 18.2 Å². The minimum absolute atomic E-state index is 0.119. The summed E-state index contributed by atoms with van der Waals surface area (Å²) in [6.45, 7) is 0.558. The maximum atomic E-state index is 12.2. The summed E-state index contributed by atoms with van der Waals surface area (Å²) in [6.07, 6.45) is 7.52. The van der Waals surface area contributed by atoms with Crippen LogP contribution in [-0.2, 0) is 9.59 Å². The Balaban J connectivity index is 1.75. The fourth-order valence-electron chi connectivity index (χ4n) is 3.48. The number of carbonyl (C=O) groups is 2. The van der Waals surface area contributed by atoms with Crippen LogP contribution in [0.5, 0.6) is 0 Å². The van der Waals surface area contributed by atoms with E-state index in [1.165, 1.54) is 17.2 Å². The predicted octanol–water partition coefficient (Wildman–Crippen LogP) is 2.00. The van der Waals surface area contributed by atoms with Gasteiger partial charge in [0.15, 0.2) is 0 Å². The Bertz CT molecular complexity index is 534. The zero-order chi connectivity index (χ0) is 14.1. The van der Waals surface area contributed by atoms with E-state index in [0.29, 0.717) is 18.2 Å². The lowest BCUT2D eigenvalue weighted by molar-refractivity contribution is -0.148. The van der Waals surface area contributed by atoms with E-state index in [2.05, 4.69) is 0 Å². The molecule has 3 rings (SSSR count). The number of carboxylic acids is 1. The van der Waals surface area contributed by atoms with E-state index >= 15 is 0 Å². The van der Waals surface area contributed by atoms with Crippen LogP contribution in [0.4, 0.5) is 0 Å². The smallest absolute Gasteiger partial charge is 0.326 e. The van der Waals surface area contributed by atoms with Crippen molar-refractivity contribution in [3.63, 3.8) is 0 Å². The molecule has 1 aromatic heterocycles. The number of nitrogens with zero attached hydrogens (tertiary/aromatic N) is 1. The van der Waals surface area contributed by atoms with Gasteiger partial charge in [-0.2, -0.15) is 0 Å². The van der Waals surface area contributed by atoms with Crippen LogP contribution in [0.3, 0.4) is 0 Å². The minimum atomic E-state index is -0.890. The third-order valence-corrected chi connectivity index (χ3v) is 4.36. The molecular formula is C15H17NO4. The highest BCUT2D eigenvalue weighted by molar-refractivity contribution is 5.94. The number of likely N-dealkylation sites (tertiary alicyclic amines) is 1. The topological polar surface area (TPSA) is 70.8 Å². The van der Waals surface area contributed by atoms with Crippen LogP contribution in [0.15, 0.2) is 28.9 Å². The Kier molecular flexibility index (Phi) is 3.34. The Morgan fingerprint density at radius 2 is 2.25 bits per heavy atom. The number of fused-ring (bicyclic) bond motifs is 1. The maximum absolute atomic E-state index is 12.2. The Morgan fingerprint density at radius 3 is 2.95 bits per heavy atom. The lowest BCUT2D eigenvalue weighted by Gasteiger charge is -2.23. The van der Waals surface area contributed by atoms with Crippen LogP contribution in [-0.4, -0.2) is 34.5 Å². The van der Waals surface area contributed by atoms with Crippen LogP contribution in [0, 0.1) is 11.8 Å². The second-order valence-corrected chi connectivity index (χ2v) is 5.48. The molecule has 2 heterocycles. The van der Waals surface area contributed by atoms with Gasteiger partial charge in [-0.1, -0.05) is 6.42 Å². The molecule has 1 aromatic rings. The van der Waals surface area contributed by atoms with Gasteiger partial charge in [-0.25, -0.2) is 4.79 Å². The molecule has 1 saturated carbocycles. The first kappa shape index (κ1) is 13.0. The van der Waals surface area contributed by atoms with E-state index in [9.17, 15) is 14.7 Å². The average Bonchev–Trinajstić information content (AvgIpc) is 3.10. The normalized spacial score (nSPS) is 29.0. The van der Waals surface area contributed by atoms with E-state index in [4.69, 9.17) is 4.42 Å². The molecule has 2 aliphatic rings. The van der Waals surface area contributed by atoms with E-state index in [-0.39, 0.29) is 11.8 Å². The summed E-state index contributed by atoms with van der Waals surface area (Å²) in [7, 11) is 0. The molecule has 1 aliphatic carbocycles. The van der Waals surface area contributed by atoms with Crippen molar-refractivity contribution < 1.29 is 19.1 Å². The first-order valence-electron chi connectivity index (χ1n) is 6.92. The van der Waals surface area contributed by atoms with Gasteiger partial charge < -0.3 is 14.4 Å². The van der Waals surface area contributed by atoms with Crippen LogP contribution < -0.4 is 0 Å². The molecule has 1 saturated heterocycles. The molecule has 106 valence electrons. The summed E-state index contributed by atoms with van der Waals surface area (Å²) >= 11 is 0. The van der Waals surface area contributed by atoms with Crippen molar-refractivity contribution in [2.75, 3.05) is 6.54 Å². The number of aliphatic carboxylic acids is 1. The van der Waals surface area contributed by atoms with Crippen LogP contribution in [0.1, 0.15) is 25.0 Å². The Morgan fingerprint density at radius 1 is 1.40 bits per heavy atom. The number of furan rings is 1. The van der Waals surface area contributed by atoms with Gasteiger partial charge in [0.1, 0.15) is 11.8 Å². The zero-order valence-corrected chi connectivity index (χ0v) is 11.1. The van der Waals surface area contributed by atoms with Crippen molar-refractivity contribution in [3.8, 4) is 0 Å². The van der Waals surface area contributed by atoms with Crippen LogP contribution in [0.25, 0.3) is 6.08 Å². The number of carbonyl (C=O) groups excluding carboxylic acids is 1. The molecule has 0 spiro atoms. The number of carboxylic acid groups (broad SMARTS) is 1. The molecule has 3 unspecified atom stereocenters. The number of rotatable bonds is 3. The van der Waals surface area contributed by atoms with Crippen LogP contribution in [0.2, 0.25) is 0 Å². The highest BCUT2D eigenvalue weighted by Gasteiger charge is 2.48.